The topological polar surface area (TPSA) is 98.5 Å². The van der Waals surface area contributed by atoms with Gasteiger partial charge in [0, 0.05) is 12.4 Å². The number of carboxylic acids is 1. The Kier molecular flexibility index (Phi) is 3.94. The largest absolute Gasteiger partial charge is 0.481 e. The highest BCUT2D eigenvalue weighted by Gasteiger charge is 2.37. The van der Waals surface area contributed by atoms with Crippen LogP contribution in [0, 0.1) is 11.8 Å². The zero-order valence-corrected chi connectivity index (χ0v) is 10.2. The van der Waals surface area contributed by atoms with Gasteiger partial charge in [-0.25, -0.2) is 14.3 Å². The molecule has 0 saturated heterocycles. The second-order valence-corrected chi connectivity index (χ2v) is 4.49. The third-order valence-electron chi connectivity index (χ3n) is 3.29. The predicted molar refractivity (Wildman–Crippen MR) is 62.2 cm³/mol. The predicted octanol–water partition coefficient (Wildman–Crippen LogP) is 1.29. The smallest absolute Gasteiger partial charge is 0.427 e. The fourth-order valence-electron chi connectivity index (χ4n) is 2.29. The van der Waals surface area contributed by atoms with Gasteiger partial charge >= 0.3 is 18.0 Å². The molecule has 1 N–H and O–H groups in total. The van der Waals surface area contributed by atoms with Gasteiger partial charge < -0.3 is 9.84 Å². The van der Waals surface area contributed by atoms with E-state index in [9.17, 15) is 14.4 Å². The molecule has 0 amide bonds. The van der Waals surface area contributed by atoms with Crippen molar-refractivity contribution in [2.24, 2.45) is 11.8 Å². The molecule has 0 aliphatic heterocycles. The molecule has 1 heterocycles. The molecule has 0 spiro atoms. The van der Waals surface area contributed by atoms with Crippen molar-refractivity contribution >= 4 is 18.0 Å². The van der Waals surface area contributed by atoms with Gasteiger partial charge in [0.15, 0.2) is 0 Å². The van der Waals surface area contributed by atoms with Crippen molar-refractivity contribution in [1.29, 1.82) is 0 Å². The lowest BCUT2D eigenvalue weighted by molar-refractivity contribution is -0.155. The van der Waals surface area contributed by atoms with Crippen molar-refractivity contribution in [2.75, 3.05) is 0 Å². The molecule has 1 aromatic heterocycles. The van der Waals surface area contributed by atoms with Crippen LogP contribution in [0.5, 0.6) is 0 Å². The van der Waals surface area contributed by atoms with E-state index >= 15 is 0 Å². The molecule has 0 aromatic carbocycles. The van der Waals surface area contributed by atoms with E-state index in [4.69, 9.17) is 9.84 Å². The Bertz CT molecular complexity index is 482. The number of ether oxygens (including phenoxy) is 1. The Morgan fingerprint density at radius 3 is 2.47 bits per heavy atom. The Hall–Kier alpha value is -2.18. The molecule has 7 nitrogen and oxygen atoms in total. The van der Waals surface area contributed by atoms with Gasteiger partial charge in [-0.1, -0.05) is 12.8 Å². The Balaban J connectivity index is 2.02. The van der Waals surface area contributed by atoms with Gasteiger partial charge in [0.25, 0.3) is 0 Å². The van der Waals surface area contributed by atoms with E-state index < -0.39 is 29.9 Å². The first-order valence-electron chi connectivity index (χ1n) is 6.06. The normalized spacial score (nSPS) is 22.7. The number of imidazole rings is 1. The molecule has 19 heavy (non-hydrogen) atoms. The van der Waals surface area contributed by atoms with Crippen LogP contribution in [0.4, 0.5) is 4.79 Å². The van der Waals surface area contributed by atoms with Crippen LogP contribution in [0.15, 0.2) is 18.7 Å². The SMILES string of the molecule is O=C(O)[C@@H]1CCCC[C@H]1C(=O)OC(=O)n1ccnc1. The third-order valence-corrected chi connectivity index (χ3v) is 3.29. The molecular weight excluding hydrogens is 252 g/mol. The van der Waals surface area contributed by atoms with Crippen molar-refractivity contribution in [1.82, 2.24) is 9.55 Å². The van der Waals surface area contributed by atoms with Gasteiger partial charge in [-0.05, 0) is 12.8 Å². The Morgan fingerprint density at radius 2 is 1.89 bits per heavy atom. The summed E-state index contributed by atoms with van der Waals surface area (Å²) in [6, 6.07) is 0. The number of carboxylic acid groups (broad SMARTS) is 1. The minimum Gasteiger partial charge on any atom is -0.481 e. The number of aliphatic carboxylic acids is 1. The van der Waals surface area contributed by atoms with Crippen molar-refractivity contribution in [3.63, 3.8) is 0 Å². The van der Waals surface area contributed by atoms with Gasteiger partial charge in [0.2, 0.25) is 0 Å². The van der Waals surface area contributed by atoms with Crippen LogP contribution in [0.2, 0.25) is 0 Å². The summed E-state index contributed by atoms with van der Waals surface area (Å²) in [7, 11) is 0. The first kappa shape index (κ1) is 13.3. The molecule has 102 valence electrons. The first-order chi connectivity index (χ1) is 9.09. The van der Waals surface area contributed by atoms with Crippen molar-refractivity contribution in [2.45, 2.75) is 25.7 Å². The van der Waals surface area contributed by atoms with E-state index in [0.29, 0.717) is 12.8 Å². The number of hydrogen-bond donors (Lipinski definition) is 1. The van der Waals surface area contributed by atoms with E-state index in [-0.39, 0.29) is 0 Å². The summed E-state index contributed by atoms with van der Waals surface area (Å²) in [4.78, 5) is 38.2. The number of carbonyl (C=O) groups excluding carboxylic acids is 2. The zero-order valence-electron chi connectivity index (χ0n) is 10.2. The van der Waals surface area contributed by atoms with Crippen molar-refractivity contribution in [3.8, 4) is 0 Å². The maximum absolute atomic E-state index is 11.9. The van der Waals surface area contributed by atoms with Gasteiger partial charge in [-0.15, -0.1) is 0 Å². The van der Waals surface area contributed by atoms with Crippen LogP contribution in [0.25, 0.3) is 0 Å². The van der Waals surface area contributed by atoms with Crippen molar-refractivity contribution < 1.29 is 24.2 Å². The summed E-state index contributed by atoms with van der Waals surface area (Å²) in [5, 5.41) is 9.07. The van der Waals surface area contributed by atoms with E-state index in [1.54, 1.807) is 0 Å². The average molecular weight is 266 g/mol. The summed E-state index contributed by atoms with van der Waals surface area (Å²) in [6.07, 6.45) is 5.50. The summed E-state index contributed by atoms with van der Waals surface area (Å²) >= 11 is 0. The molecule has 7 heteroatoms. The Morgan fingerprint density at radius 1 is 1.21 bits per heavy atom. The molecule has 1 aliphatic carbocycles. The maximum Gasteiger partial charge on any atom is 0.427 e. The summed E-state index contributed by atoms with van der Waals surface area (Å²) < 4.78 is 5.72. The number of aromatic nitrogens is 2. The second kappa shape index (κ2) is 5.64. The molecule has 1 saturated carbocycles. The monoisotopic (exact) mass is 266 g/mol. The highest BCUT2D eigenvalue weighted by atomic mass is 16.6. The van der Waals surface area contributed by atoms with Crippen molar-refractivity contribution in [3.05, 3.63) is 18.7 Å². The number of rotatable bonds is 2. The molecule has 0 bridgehead atoms. The number of nitrogens with zero attached hydrogens (tertiary/aromatic N) is 2. The lowest BCUT2D eigenvalue weighted by Gasteiger charge is -2.26. The van der Waals surface area contributed by atoms with Gasteiger partial charge in [0.05, 0.1) is 11.8 Å². The molecule has 1 fully saturated rings. The minimum absolute atomic E-state index is 0.438. The fourth-order valence-corrected chi connectivity index (χ4v) is 2.29. The molecule has 0 unspecified atom stereocenters. The van der Waals surface area contributed by atoms with Crippen LogP contribution in [-0.4, -0.2) is 32.7 Å². The van der Waals surface area contributed by atoms with Gasteiger partial charge in [-0.3, -0.25) is 9.59 Å². The van der Waals surface area contributed by atoms with E-state index in [1.807, 2.05) is 0 Å². The fraction of sp³-hybridized carbons (Fsp3) is 0.500. The molecule has 2 rings (SSSR count). The summed E-state index contributed by atoms with van der Waals surface area (Å²) in [5.74, 6) is -3.31. The van der Waals surface area contributed by atoms with Gasteiger partial charge in [-0.2, -0.15) is 0 Å². The highest BCUT2D eigenvalue weighted by molar-refractivity contribution is 5.89. The van der Waals surface area contributed by atoms with Crippen LogP contribution >= 0.6 is 0 Å². The quantitative estimate of drug-likeness (QED) is 0.639. The third kappa shape index (κ3) is 2.98. The Labute approximate surface area is 109 Å². The van der Waals surface area contributed by atoms with Crippen LogP contribution in [-0.2, 0) is 14.3 Å². The van der Waals surface area contributed by atoms with E-state index in [1.165, 1.54) is 18.7 Å². The molecule has 0 radical (unpaired) electrons. The van der Waals surface area contributed by atoms with Crippen LogP contribution in [0.3, 0.4) is 0 Å². The number of hydrogen-bond acceptors (Lipinski definition) is 5. The molecular formula is C12H14N2O5. The van der Waals surface area contributed by atoms with E-state index in [0.717, 1.165) is 17.4 Å². The van der Waals surface area contributed by atoms with E-state index in [2.05, 4.69) is 4.98 Å². The standard InChI is InChI=1S/C12H14N2O5/c15-10(16)8-3-1-2-4-9(8)11(17)19-12(18)14-6-5-13-7-14/h5-9H,1-4H2,(H,15,16)/t8-,9-/m1/s1. The lowest BCUT2D eigenvalue weighted by Crippen LogP contribution is -2.35. The lowest BCUT2D eigenvalue weighted by atomic mass is 9.79. The number of esters is 1. The minimum atomic E-state index is -1.02. The van der Waals surface area contributed by atoms with Gasteiger partial charge in [0.1, 0.15) is 6.33 Å². The summed E-state index contributed by atoms with van der Waals surface area (Å²) in [6.45, 7) is 0. The summed E-state index contributed by atoms with van der Waals surface area (Å²) in [5.41, 5.74) is 0. The van der Waals surface area contributed by atoms with Crippen LogP contribution < -0.4 is 0 Å². The first-order valence-corrected chi connectivity index (χ1v) is 6.06. The average Bonchev–Trinajstić information content (AvgIpc) is 2.92. The molecule has 2 atom stereocenters. The molecule has 1 aromatic rings. The zero-order chi connectivity index (χ0) is 13.8. The molecule has 1 aliphatic rings. The second-order valence-electron chi connectivity index (χ2n) is 4.49. The number of carbonyl (C=O) groups is 3. The highest BCUT2D eigenvalue weighted by Crippen LogP contribution is 2.31. The van der Waals surface area contributed by atoms with Crippen LogP contribution in [0.1, 0.15) is 25.7 Å². The maximum atomic E-state index is 11.9.